The highest BCUT2D eigenvalue weighted by molar-refractivity contribution is 7.83. The lowest BCUT2D eigenvalue weighted by Gasteiger charge is -2.12. The minimum absolute atomic E-state index is 0.589. The van der Waals surface area contributed by atoms with Gasteiger partial charge >= 0.3 is 10.3 Å². The Balaban J connectivity index is 0.000000646. The van der Waals surface area contributed by atoms with E-state index in [1.54, 1.807) is 28.4 Å². The molecule has 0 amide bonds. The molecular weight excluding hydrogens is 374 g/mol. The maximum atomic E-state index is 8.97. The Morgan fingerprint density at radius 1 is 0.815 bits per heavy atom. The third-order valence-corrected chi connectivity index (χ3v) is 3.27. The van der Waals surface area contributed by atoms with E-state index >= 15 is 0 Å². The number of ether oxygens (including phenoxy) is 4. The van der Waals surface area contributed by atoms with Gasteiger partial charge in [-0.25, -0.2) is 5.14 Å². The lowest BCUT2D eigenvalue weighted by atomic mass is 10.1. The summed E-state index contributed by atoms with van der Waals surface area (Å²) in [5, 5.41) is 3.88. The van der Waals surface area contributed by atoms with Crippen molar-refractivity contribution in [3.05, 3.63) is 47.5 Å². The smallest absolute Gasteiger partial charge is 0.330 e. The van der Waals surface area contributed by atoms with Gasteiger partial charge in [0.1, 0.15) is 5.75 Å². The van der Waals surface area contributed by atoms with E-state index in [-0.39, 0.29) is 0 Å². The standard InChI is InChI=1S/C18H20O4.H3NO3S/c1-19-15-9-7-13(8-10-15)5-6-14-11-16(20-2)18(22-4)17(12-14)21-3;1-5(2,3)4/h5-12H,1-4H3;(H3,1,2,3,4)/b6-5+;. The van der Waals surface area contributed by atoms with Gasteiger partial charge in [-0.05, 0) is 35.4 Å². The highest BCUT2D eigenvalue weighted by Gasteiger charge is 2.11. The summed E-state index contributed by atoms with van der Waals surface area (Å²) in [6.07, 6.45) is 4.01. The molecule has 148 valence electrons. The molecule has 0 unspecified atom stereocenters. The molecule has 0 aliphatic heterocycles. The van der Waals surface area contributed by atoms with E-state index in [2.05, 4.69) is 5.14 Å². The first-order chi connectivity index (χ1) is 12.7. The Morgan fingerprint density at radius 3 is 1.63 bits per heavy atom. The molecule has 27 heavy (non-hydrogen) atoms. The number of hydrogen-bond acceptors (Lipinski definition) is 6. The van der Waals surface area contributed by atoms with Gasteiger partial charge in [0.2, 0.25) is 5.75 Å². The number of benzene rings is 2. The van der Waals surface area contributed by atoms with Crippen molar-refractivity contribution in [1.82, 2.24) is 0 Å². The van der Waals surface area contributed by atoms with Crippen molar-refractivity contribution in [3.8, 4) is 23.0 Å². The van der Waals surface area contributed by atoms with Crippen LogP contribution in [-0.2, 0) is 10.3 Å². The number of nitrogens with two attached hydrogens (primary N) is 1. The number of methoxy groups -OCH3 is 4. The molecule has 0 saturated heterocycles. The van der Waals surface area contributed by atoms with Crippen molar-refractivity contribution in [2.75, 3.05) is 28.4 Å². The van der Waals surface area contributed by atoms with E-state index in [0.29, 0.717) is 17.2 Å². The van der Waals surface area contributed by atoms with Crippen LogP contribution in [0.3, 0.4) is 0 Å². The van der Waals surface area contributed by atoms with Crippen LogP contribution in [0.15, 0.2) is 36.4 Å². The minimum Gasteiger partial charge on any atom is -0.497 e. The average Bonchev–Trinajstić information content (AvgIpc) is 2.64. The molecule has 2 rings (SSSR count). The summed E-state index contributed by atoms with van der Waals surface area (Å²) in [7, 11) is 2.29. The summed E-state index contributed by atoms with van der Waals surface area (Å²) in [6, 6.07) is 11.6. The van der Waals surface area contributed by atoms with Crippen molar-refractivity contribution >= 4 is 22.5 Å². The van der Waals surface area contributed by atoms with E-state index < -0.39 is 10.3 Å². The largest absolute Gasteiger partial charge is 0.497 e. The van der Waals surface area contributed by atoms with Crippen LogP contribution in [0.5, 0.6) is 23.0 Å². The van der Waals surface area contributed by atoms with Crippen LogP contribution in [0.25, 0.3) is 12.2 Å². The summed E-state index contributed by atoms with van der Waals surface area (Å²) >= 11 is 0. The molecule has 0 fully saturated rings. The van der Waals surface area contributed by atoms with Gasteiger partial charge in [0.15, 0.2) is 11.5 Å². The molecule has 2 aromatic rings. The molecule has 2 aromatic carbocycles. The number of rotatable bonds is 6. The van der Waals surface area contributed by atoms with Crippen molar-refractivity contribution in [2.45, 2.75) is 0 Å². The van der Waals surface area contributed by atoms with Crippen molar-refractivity contribution < 1.29 is 31.9 Å². The second-order valence-corrected chi connectivity index (χ2v) is 6.11. The molecule has 3 N–H and O–H groups in total. The van der Waals surface area contributed by atoms with Gasteiger partial charge in [-0.15, -0.1) is 0 Å². The fraction of sp³-hybridized carbons (Fsp3) is 0.222. The van der Waals surface area contributed by atoms with Gasteiger partial charge in [0.25, 0.3) is 0 Å². The van der Waals surface area contributed by atoms with E-state index in [1.165, 1.54) is 0 Å². The van der Waals surface area contributed by atoms with Gasteiger partial charge < -0.3 is 18.9 Å². The van der Waals surface area contributed by atoms with Gasteiger partial charge in [0, 0.05) is 0 Å². The van der Waals surface area contributed by atoms with Crippen molar-refractivity contribution in [2.24, 2.45) is 5.14 Å². The quantitative estimate of drug-likeness (QED) is 0.568. The first kappa shape index (κ1) is 22.3. The first-order valence-corrected chi connectivity index (χ1v) is 9.09. The Kier molecular flexibility index (Phi) is 8.60. The molecule has 0 bridgehead atoms. The molecule has 0 aliphatic carbocycles. The van der Waals surface area contributed by atoms with Gasteiger partial charge in [-0.1, -0.05) is 24.3 Å². The fourth-order valence-electron chi connectivity index (χ4n) is 2.11. The summed E-state index contributed by atoms with van der Waals surface area (Å²) in [6.45, 7) is 0. The SMILES string of the molecule is COc1ccc(/C=C/c2cc(OC)c(OC)c(OC)c2)cc1.NS(=O)(=O)O. The Labute approximate surface area is 159 Å². The molecule has 0 spiro atoms. The molecular formula is C18H23NO7S. The second-order valence-electron chi connectivity index (χ2n) is 5.08. The fourth-order valence-corrected chi connectivity index (χ4v) is 2.11. The average molecular weight is 397 g/mol. The lowest BCUT2D eigenvalue weighted by molar-refractivity contribution is 0.324. The van der Waals surface area contributed by atoms with Crippen LogP contribution in [0.1, 0.15) is 11.1 Å². The second kappa shape index (κ2) is 10.4. The Hall–Kier alpha value is -2.75. The van der Waals surface area contributed by atoms with Gasteiger partial charge in [-0.3, -0.25) is 4.55 Å². The third-order valence-electron chi connectivity index (χ3n) is 3.27. The molecule has 0 saturated carbocycles. The number of hydrogen-bond donors (Lipinski definition) is 2. The predicted molar refractivity (Wildman–Crippen MR) is 104 cm³/mol. The summed E-state index contributed by atoms with van der Waals surface area (Å²) < 4.78 is 46.4. The zero-order chi connectivity index (χ0) is 20.4. The monoisotopic (exact) mass is 397 g/mol. The summed E-state index contributed by atoms with van der Waals surface area (Å²) in [5.74, 6) is 2.70. The highest BCUT2D eigenvalue weighted by atomic mass is 32.2. The molecule has 0 aliphatic rings. The van der Waals surface area contributed by atoms with Crippen molar-refractivity contribution in [3.63, 3.8) is 0 Å². The predicted octanol–water partition coefficient (Wildman–Crippen LogP) is 2.64. The molecule has 9 heteroatoms. The zero-order valence-electron chi connectivity index (χ0n) is 15.5. The van der Waals surface area contributed by atoms with Crippen LogP contribution >= 0.6 is 0 Å². The van der Waals surface area contributed by atoms with E-state index in [1.807, 2.05) is 48.6 Å². The highest BCUT2D eigenvalue weighted by Crippen LogP contribution is 2.38. The molecule has 0 radical (unpaired) electrons. The van der Waals surface area contributed by atoms with Crippen LogP contribution < -0.4 is 24.1 Å². The van der Waals surface area contributed by atoms with E-state index in [4.69, 9.17) is 31.9 Å². The molecule has 0 aromatic heterocycles. The summed E-state index contributed by atoms with van der Waals surface area (Å²) in [5.41, 5.74) is 2.04. The molecule has 8 nitrogen and oxygen atoms in total. The van der Waals surface area contributed by atoms with Crippen LogP contribution in [0.2, 0.25) is 0 Å². The van der Waals surface area contributed by atoms with Crippen LogP contribution in [0.4, 0.5) is 0 Å². The Bertz CT molecular complexity index is 829. The van der Waals surface area contributed by atoms with Crippen molar-refractivity contribution in [1.29, 1.82) is 0 Å². The molecule has 0 heterocycles. The topological polar surface area (TPSA) is 117 Å². The lowest BCUT2D eigenvalue weighted by Crippen LogP contribution is -2.08. The maximum absolute atomic E-state index is 8.97. The van der Waals surface area contributed by atoms with E-state index in [9.17, 15) is 0 Å². The Morgan fingerprint density at radius 2 is 1.26 bits per heavy atom. The van der Waals surface area contributed by atoms with Gasteiger partial charge in [0.05, 0.1) is 28.4 Å². The minimum atomic E-state index is -4.17. The summed E-state index contributed by atoms with van der Waals surface area (Å²) in [4.78, 5) is 0. The first-order valence-electron chi connectivity index (χ1n) is 7.59. The maximum Gasteiger partial charge on any atom is 0.330 e. The van der Waals surface area contributed by atoms with Crippen LogP contribution in [-0.4, -0.2) is 41.4 Å². The van der Waals surface area contributed by atoms with E-state index in [0.717, 1.165) is 16.9 Å². The van der Waals surface area contributed by atoms with Gasteiger partial charge in [-0.2, -0.15) is 8.42 Å². The third kappa shape index (κ3) is 7.99. The van der Waals surface area contributed by atoms with Crippen LogP contribution in [0, 0.1) is 0 Å². The normalized spacial score (nSPS) is 10.7. The zero-order valence-corrected chi connectivity index (χ0v) is 16.3. The molecule has 0 atom stereocenters.